The van der Waals surface area contributed by atoms with Crippen molar-refractivity contribution >= 4 is 29.1 Å². The van der Waals surface area contributed by atoms with Crippen molar-refractivity contribution in [3.8, 4) is 0 Å². The van der Waals surface area contributed by atoms with Crippen LogP contribution in [0.5, 0.6) is 0 Å². The van der Waals surface area contributed by atoms with Crippen molar-refractivity contribution < 1.29 is 9.59 Å². The van der Waals surface area contributed by atoms with Gasteiger partial charge in [0, 0.05) is 21.0 Å². The van der Waals surface area contributed by atoms with Crippen LogP contribution in [0.3, 0.4) is 0 Å². The molecule has 1 amide bonds. The van der Waals surface area contributed by atoms with E-state index in [2.05, 4.69) is 5.32 Å². The second-order valence-electron chi connectivity index (χ2n) is 4.46. The molecule has 2 aromatic carbocycles. The summed E-state index contributed by atoms with van der Waals surface area (Å²) in [7, 11) is 0. The number of Topliss-reactive ketones (excluding diaryl/α,β-unsaturated/α-hetero) is 1. The minimum atomic E-state index is -0.219. The zero-order valence-electron chi connectivity index (χ0n) is 11.6. The number of anilines is 1. The third-order valence-corrected chi connectivity index (χ3v) is 3.80. The fourth-order valence-corrected chi connectivity index (χ4v) is 2.62. The van der Waals surface area contributed by atoms with Gasteiger partial charge in [0.15, 0.2) is 5.78 Å². The molecular weight excluding hydrogens is 284 g/mol. The highest BCUT2D eigenvalue weighted by atomic mass is 32.2. The van der Waals surface area contributed by atoms with E-state index in [-0.39, 0.29) is 18.2 Å². The normalized spacial score (nSPS) is 10.2. The van der Waals surface area contributed by atoms with Gasteiger partial charge in [0.1, 0.15) is 0 Å². The summed E-state index contributed by atoms with van der Waals surface area (Å²) in [5, 5.41) is 2.72. The first-order valence-electron chi connectivity index (χ1n) is 6.47. The monoisotopic (exact) mass is 300 g/mol. The van der Waals surface area contributed by atoms with E-state index >= 15 is 0 Å². The highest BCUT2D eigenvalue weighted by Gasteiger charge is 2.03. The van der Waals surface area contributed by atoms with Gasteiger partial charge in [-0.25, -0.2) is 0 Å². The van der Waals surface area contributed by atoms with Crippen LogP contribution in [-0.4, -0.2) is 18.2 Å². The average molecular weight is 300 g/mol. The van der Waals surface area contributed by atoms with Crippen LogP contribution < -0.4 is 11.1 Å². The quantitative estimate of drug-likeness (QED) is 0.833. The first-order valence-corrected chi connectivity index (χ1v) is 7.29. The summed E-state index contributed by atoms with van der Waals surface area (Å²) in [6.07, 6.45) is 0. The molecule has 0 bridgehead atoms. The van der Waals surface area contributed by atoms with Gasteiger partial charge in [-0.05, 0) is 37.3 Å². The summed E-state index contributed by atoms with van der Waals surface area (Å²) in [6.45, 7) is 1.51. The van der Waals surface area contributed by atoms with E-state index < -0.39 is 0 Å². The third-order valence-electron chi connectivity index (χ3n) is 2.80. The first-order chi connectivity index (χ1) is 10.1. The molecule has 2 aromatic rings. The van der Waals surface area contributed by atoms with Crippen molar-refractivity contribution in [1.29, 1.82) is 0 Å². The Labute approximate surface area is 127 Å². The van der Waals surface area contributed by atoms with Gasteiger partial charge in [0.25, 0.3) is 0 Å². The number of rotatable bonds is 5. The number of nitrogens with one attached hydrogen (secondary N) is 1. The topological polar surface area (TPSA) is 72.2 Å². The zero-order chi connectivity index (χ0) is 15.2. The largest absolute Gasteiger partial charge is 0.325 e. The maximum Gasteiger partial charge on any atom is 0.238 e. The molecular formula is C16H16N2O2S. The molecule has 0 heterocycles. The predicted octanol–water partition coefficient (Wildman–Crippen LogP) is 2.94. The van der Waals surface area contributed by atoms with Crippen LogP contribution in [0.1, 0.15) is 17.3 Å². The highest BCUT2D eigenvalue weighted by molar-refractivity contribution is 7.99. The molecule has 21 heavy (non-hydrogen) atoms. The molecule has 0 unspecified atom stereocenters. The molecule has 0 aliphatic carbocycles. The Morgan fingerprint density at radius 1 is 1.10 bits per heavy atom. The number of hydrogen-bond donors (Lipinski definition) is 2. The van der Waals surface area contributed by atoms with Gasteiger partial charge in [-0.2, -0.15) is 0 Å². The van der Waals surface area contributed by atoms with E-state index in [9.17, 15) is 9.59 Å². The summed E-state index contributed by atoms with van der Waals surface area (Å²) in [4.78, 5) is 24.5. The summed E-state index contributed by atoms with van der Waals surface area (Å²) in [5.74, 6) is -0.166. The van der Waals surface area contributed by atoms with Crippen molar-refractivity contribution in [2.45, 2.75) is 16.7 Å². The minimum absolute atomic E-state index is 0.0378. The van der Waals surface area contributed by atoms with Crippen LogP contribution in [0.25, 0.3) is 0 Å². The molecule has 0 aliphatic heterocycles. The number of carbonyl (C=O) groups is 2. The van der Waals surface area contributed by atoms with Gasteiger partial charge in [-0.3, -0.25) is 9.59 Å². The smallest absolute Gasteiger partial charge is 0.238 e. The number of carbonyl (C=O) groups excluding carboxylic acids is 2. The second kappa shape index (κ2) is 7.06. The predicted molar refractivity (Wildman–Crippen MR) is 84.7 cm³/mol. The van der Waals surface area contributed by atoms with Crippen molar-refractivity contribution in [2.24, 2.45) is 5.73 Å². The molecule has 0 radical (unpaired) electrons. The molecule has 0 saturated carbocycles. The molecule has 0 spiro atoms. The van der Waals surface area contributed by atoms with E-state index in [1.54, 1.807) is 18.7 Å². The Morgan fingerprint density at radius 3 is 2.43 bits per heavy atom. The van der Waals surface area contributed by atoms with Crippen LogP contribution in [-0.2, 0) is 4.79 Å². The van der Waals surface area contributed by atoms with Gasteiger partial charge < -0.3 is 11.1 Å². The highest BCUT2D eigenvalue weighted by Crippen LogP contribution is 2.29. The molecule has 108 valence electrons. The number of nitrogens with two attached hydrogens (primary N) is 1. The molecule has 0 atom stereocenters. The zero-order valence-corrected chi connectivity index (χ0v) is 12.4. The minimum Gasteiger partial charge on any atom is -0.325 e. The Kier molecular flexibility index (Phi) is 5.14. The van der Waals surface area contributed by atoms with E-state index in [4.69, 9.17) is 5.73 Å². The summed E-state index contributed by atoms with van der Waals surface area (Å²) in [5.41, 5.74) is 6.69. The van der Waals surface area contributed by atoms with Crippen LogP contribution in [0, 0.1) is 0 Å². The van der Waals surface area contributed by atoms with Gasteiger partial charge >= 0.3 is 0 Å². The third kappa shape index (κ3) is 4.44. The molecule has 0 aliphatic rings. The van der Waals surface area contributed by atoms with Gasteiger partial charge in [-0.15, -0.1) is 0 Å². The molecule has 0 fully saturated rings. The van der Waals surface area contributed by atoms with Crippen molar-refractivity contribution in [3.05, 3.63) is 54.1 Å². The lowest BCUT2D eigenvalue weighted by Gasteiger charge is -2.07. The fourth-order valence-electron chi connectivity index (χ4n) is 1.74. The lowest BCUT2D eigenvalue weighted by molar-refractivity contribution is -0.114. The Bertz CT molecular complexity index is 654. The van der Waals surface area contributed by atoms with E-state index in [1.807, 2.05) is 48.5 Å². The molecule has 0 saturated heterocycles. The van der Waals surface area contributed by atoms with E-state index in [1.165, 1.54) is 0 Å². The summed E-state index contributed by atoms with van der Waals surface area (Å²) in [6, 6.07) is 15.0. The molecule has 5 heteroatoms. The van der Waals surface area contributed by atoms with Crippen molar-refractivity contribution in [2.75, 3.05) is 11.9 Å². The van der Waals surface area contributed by atoms with Crippen LogP contribution in [0.15, 0.2) is 58.3 Å². The first kappa shape index (κ1) is 15.3. The van der Waals surface area contributed by atoms with Gasteiger partial charge in [-0.1, -0.05) is 30.0 Å². The Hall–Kier alpha value is -2.11. The second-order valence-corrected chi connectivity index (χ2v) is 5.61. The maximum absolute atomic E-state index is 11.3. The summed E-state index contributed by atoms with van der Waals surface area (Å²) < 4.78 is 0. The van der Waals surface area contributed by atoms with Gasteiger partial charge in [0.05, 0.1) is 6.54 Å². The van der Waals surface area contributed by atoms with Crippen LogP contribution in [0.4, 0.5) is 5.69 Å². The lowest BCUT2D eigenvalue weighted by Crippen LogP contribution is -2.21. The molecule has 0 aromatic heterocycles. The maximum atomic E-state index is 11.3. The average Bonchev–Trinajstić information content (AvgIpc) is 2.48. The SMILES string of the molecule is CC(=O)c1ccc(Sc2cccc(NC(=O)CN)c2)cc1. The lowest BCUT2D eigenvalue weighted by atomic mass is 10.2. The van der Waals surface area contributed by atoms with Crippen molar-refractivity contribution in [3.63, 3.8) is 0 Å². The van der Waals surface area contributed by atoms with E-state index in [0.717, 1.165) is 15.5 Å². The molecule has 3 N–H and O–H groups in total. The van der Waals surface area contributed by atoms with E-state index in [0.29, 0.717) is 5.56 Å². The number of amides is 1. The van der Waals surface area contributed by atoms with Crippen LogP contribution in [0.2, 0.25) is 0 Å². The Morgan fingerprint density at radius 2 is 1.81 bits per heavy atom. The molecule has 4 nitrogen and oxygen atoms in total. The van der Waals surface area contributed by atoms with Gasteiger partial charge in [0.2, 0.25) is 5.91 Å². The molecule has 2 rings (SSSR count). The fraction of sp³-hybridized carbons (Fsp3) is 0.125. The number of benzene rings is 2. The van der Waals surface area contributed by atoms with Crippen molar-refractivity contribution in [1.82, 2.24) is 0 Å². The summed E-state index contributed by atoms with van der Waals surface area (Å²) >= 11 is 1.56. The Balaban J connectivity index is 2.10. The number of ketones is 1. The standard InChI is InChI=1S/C16H16N2O2S/c1-11(19)12-5-7-14(8-6-12)21-15-4-2-3-13(9-15)18-16(20)10-17/h2-9H,10,17H2,1H3,(H,18,20). The van der Waals surface area contributed by atoms with Crippen LogP contribution >= 0.6 is 11.8 Å². The number of hydrogen-bond acceptors (Lipinski definition) is 4.